The second-order valence-electron chi connectivity index (χ2n) is 7.25. The predicted octanol–water partition coefficient (Wildman–Crippen LogP) is 2.21. The molecule has 2 heterocycles. The first-order valence-corrected chi connectivity index (χ1v) is 8.41. The lowest BCUT2D eigenvalue weighted by molar-refractivity contribution is 0.0629. The lowest BCUT2D eigenvalue weighted by Crippen LogP contribution is -2.63. The normalized spacial score (nSPS) is 31.0. The van der Waals surface area contributed by atoms with Crippen LogP contribution < -0.4 is 5.32 Å². The molecule has 2 aliphatic rings. The lowest BCUT2D eigenvalue weighted by Gasteiger charge is -2.46. The summed E-state index contributed by atoms with van der Waals surface area (Å²) in [5.74, 6) is 1.96. The minimum atomic E-state index is 0.286. The van der Waals surface area contributed by atoms with E-state index >= 15 is 0 Å². The maximum absolute atomic E-state index is 4.50. The van der Waals surface area contributed by atoms with Gasteiger partial charge in [0.1, 0.15) is 12.2 Å². The highest BCUT2D eigenvalue weighted by molar-refractivity contribution is 5.04. The van der Waals surface area contributed by atoms with Crippen molar-refractivity contribution in [3.05, 3.63) is 12.2 Å². The van der Waals surface area contributed by atoms with Gasteiger partial charge in [-0.05, 0) is 46.0 Å². The first kappa shape index (κ1) is 15.0. The van der Waals surface area contributed by atoms with Crippen LogP contribution in [0.15, 0.2) is 6.33 Å². The van der Waals surface area contributed by atoms with Gasteiger partial charge in [0.05, 0.1) is 6.54 Å². The zero-order valence-electron chi connectivity index (χ0n) is 13.8. The molecule has 5 heteroatoms. The minimum absolute atomic E-state index is 0.286. The van der Waals surface area contributed by atoms with Crippen molar-refractivity contribution in [1.29, 1.82) is 0 Å². The van der Waals surface area contributed by atoms with Crippen LogP contribution >= 0.6 is 0 Å². The Morgan fingerprint density at radius 3 is 2.81 bits per heavy atom. The Labute approximate surface area is 128 Å². The van der Waals surface area contributed by atoms with Crippen molar-refractivity contribution < 1.29 is 0 Å². The van der Waals surface area contributed by atoms with Crippen LogP contribution in [0.3, 0.4) is 0 Å². The number of piperazine rings is 1. The van der Waals surface area contributed by atoms with E-state index in [1.807, 2.05) is 0 Å². The van der Waals surface area contributed by atoms with Gasteiger partial charge in [0.25, 0.3) is 0 Å². The van der Waals surface area contributed by atoms with Gasteiger partial charge in [0, 0.05) is 30.7 Å². The van der Waals surface area contributed by atoms with Gasteiger partial charge in [-0.15, -0.1) is 0 Å². The zero-order valence-corrected chi connectivity index (χ0v) is 13.8. The van der Waals surface area contributed by atoms with Gasteiger partial charge in [-0.1, -0.05) is 6.92 Å². The Balaban J connectivity index is 1.75. The number of rotatable bonds is 5. The summed E-state index contributed by atoms with van der Waals surface area (Å²) in [6, 6.07) is 0.981. The molecule has 0 aromatic carbocycles. The van der Waals surface area contributed by atoms with Crippen molar-refractivity contribution in [1.82, 2.24) is 25.0 Å². The van der Waals surface area contributed by atoms with Crippen LogP contribution in [0.25, 0.3) is 0 Å². The average Bonchev–Trinajstić information content (AvgIpc) is 3.20. The highest BCUT2D eigenvalue weighted by Gasteiger charge is 2.45. The molecule has 21 heavy (non-hydrogen) atoms. The van der Waals surface area contributed by atoms with Crippen LogP contribution in [-0.2, 0) is 6.54 Å². The molecule has 0 bridgehead atoms. The Kier molecular flexibility index (Phi) is 4.06. The lowest BCUT2D eigenvalue weighted by atomic mass is 9.90. The van der Waals surface area contributed by atoms with E-state index in [4.69, 9.17) is 0 Å². The maximum Gasteiger partial charge on any atom is 0.141 e. The summed E-state index contributed by atoms with van der Waals surface area (Å²) in [6.07, 6.45) is 5.65. The molecule has 0 spiro atoms. The van der Waals surface area contributed by atoms with E-state index in [9.17, 15) is 0 Å². The summed E-state index contributed by atoms with van der Waals surface area (Å²) in [7, 11) is 0. The molecule has 3 rings (SSSR count). The van der Waals surface area contributed by atoms with E-state index in [0.29, 0.717) is 12.1 Å². The largest absolute Gasteiger partial charge is 0.308 e. The molecule has 1 saturated carbocycles. The molecule has 0 amide bonds. The molecule has 1 N–H and O–H groups in total. The average molecular weight is 291 g/mol. The fourth-order valence-electron chi connectivity index (χ4n) is 3.67. The van der Waals surface area contributed by atoms with Gasteiger partial charge >= 0.3 is 0 Å². The molecule has 1 aromatic rings. The molecular formula is C16H29N5. The fraction of sp³-hybridized carbons (Fsp3) is 0.875. The van der Waals surface area contributed by atoms with Gasteiger partial charge in [-0.2, -0.15) is 5.10 Å². The molecule has 1 aliphatic heterocycles. The van der Waals surface area contributed by atoms with Crippen molar-refractivity contribution in [3.63, 3.8) is 0 Å². The Bertz CT molecular complexity index is 479. The topological polar surface area (TPSA) is 46.0 Å². The number of hydrogen-bond donors (Lipinski definition) is 1. The molecule has 2 fully saturated rings. The van der Waals surface area contributed by atoms with E-state index in [2.05, 4.69) is 52.7 Å². The molecular weight excluding hydrogens is 262 g/mol. The standard InChI is InChI=1S/C16H29N5/c1-5-14-8-18-16(4,13-6-7-13)10-20(14)9-15-17-11-19-21(15)12(2)3/h11-14,18H,5-10H2,1-4H3. The van der Waals surface area contributed by atoms with Crippen molar-refractivity contribution in [2.75, 3.05) is 13.1 Å². The SMILES string of the molecule is CCC1CNC(C)(C2CC2)CN1Cc1ncnn1C(C)C. The van der Waals surface area contributed by atoms with Crippen LogP contribution in [-0.4, -0.2) is 44.3 Å². The smallest absolute Gasteiger partial charge is 0.141 e. The molecule has 5 nitrogen and oxygen atoms in total. The van der Waals surface area contributed by atoms with Crippen molar-refractivity contribution in [2.45, 2.75) is 71.1 Å². The number of aromatic nitrogens is 3. The quantitative estimate of drug-likeness (QED) is 0.903. The van der Waals surface area contributed by atoms with E-state index < -0.39 is 0 Å². The van der Waals surface area contributed by atoms with E-state index in [1.165, 1.54) is 19.3 Å². The third-order valence-corrected chi connectivity index (χ3v) is 5.22. The Morgan fingerprint density at radius 2 is 2.19 bits per heavy atom. The van der Waals surface area contributed by atoms with Gasteiger partial charge in [-0.3, -0.25) is 4.90 Å². The van der Waals surface area contributed by atoms with E-state index in [-0.39, 0.29) is 5.54 Å². The fourth-order valence-corrected chi connectivity index (χ4v) is 3.67. The van der Waals surface area contributed by atoms with Crippen LogP contribution in [0.2, 0.25) is 0 Å². The number of hydrogen-bond acceptors (Lipinski definition) is 4. The number of nitrogens with zero attached hydrogens (tertiary/aromatic N) is 4. The van der Waals surface area contributed by atoms with Gasteiger partial charge in [0.15, 0.2) is 0 Å². The predicted molar refractivity (Wildman–Crippen MR) is 84.0 cm³/mol. The molecule has 118 valence electrons. The first-order valence-electron chi connectivity index (χ1n) is 8.41. The third-order valence-electron chi connectivity index (χ3n) is 5.22. The maximum atomic E-state index is 4.50. The Morgan fingerprint density at radius 1 is 1.43 bits per heavy atom. The first-order chi connectivity index (χ1) is 10.0. The van der Waals surface area contributed by atoms with E-state index in [1.54, 1.807) is 6.33 Å². The summed E-state index contributed by atoms with van der Waals surface area (Å²) in [4.78, 5) is 7.12. The Hall–Kier alpha value is -0.940. The van der Waals surface area contributed by atoms with Crippen molar-refractivity contribution in [3.8, 4) is 0 Å². The van der Waals surface area contributed by atoms with Crippen LogP contribution in [0.4, 0.5) is 0 Å². The second kappa shape index (κ2) is 5.69. The van der Waals surface area contributed by atoms with Gasteiger partial charge in [0.2, 0.25) is 0 Å². The molecule has 1 aromatic heterocycles. The highest BCUT2D eigenvalue weighted by Crippen LogP contribution is 2.41. The number of nitrogens with one attached hydrogen (secondary N) is 1. The summed E-state index contributed by atoms with van der Waals surface area (Å²) in [5.41, 5.74) is 0.286. The van der Waals surface area contributed by atoms with Gasteiger partial charge < -0.3 is 5.32 Å². The molecule has 1 saturated heterocycles. The minimum Gasteiger partial charge on any atom is -0.308 e. The molecule has 0 radical (unpaired) electrons. The summed E-state index contributed by atoms with van der Waals surface area (Å²) >= 11 is 0. The highest BCUT2D eigenvalue weighted by atomic mass is 15.4. The van der Waals surface area contributed by atoms with Crippen LogP contribution in [0.1, 0.15) is 58.8 Å². The van der Waals surface area contributed by atoms with Crippen LogP contribution in [0, 0.1) is 5.92 Å². The summed E-state index contributed by atoms with van der Waals surface area (Å²) in [6.45, 7) is 12.2. The summed E-state index contributed by atoms with van der Waals surface area (Å²) < 4.78 is 2.06. The monoisotopic (exact) mass is 291 g/mol. The van der Waals surface area contributed by atoms with Gasteiger partial charge in [-0.25, -0.2) is 9.67 Å². The second-order valence-corrected chi connectivity index (χ2v) is 7.25. The molecule has 2 atom stereocenters. The zero-order chi connectivity index (χ0) is 15.0. The summed E-state index contributed by atoms with van der Waals surface area (Å²) in [5, 5.41) is 8.20. The van der Waals surface area contributed by atoms with Crippen molar-refractivity contribution >= 4 is 0 Å². The third kappa shape index (κ3) is 2.99. The van der Waals surface area contributed by atoms with E-state index in [0.717, 1.165) is 31.4 Å². The molecule has 1 aliphatic carbocycles. The van der Waals surface area contributed by atoms with Crippen LogP contribution in [0.5, 0.6) is 0 Å². The van der Waals surface area contributed by atoms with Crippen molar-refractivity contribution in [2.24, 2.45) is 5.92 Å². The molecule has 2 unspecified atom stereocenters.